The van der Waals surface area contributed by atoms with Crippen LogP contribution >= 0.6 is 11.3 Å². The monoisotopic (exact) mass is 279 g/mol. The SMILES string of the molecule is O=C(CC(O)c1cccc(F)c1)NCc1cccs1. The molecule has 0 bridgehead atoms. The first-order chi connectivity index (χ1) is 9.15. The van der Waals surface area contributed by atoms with Gasteiger partial charge in [0.1, 0.15) is 5.82 Å². The molecule has 19 heavy (non-hydrogen) atoms. The average molecular weight is 279 g/mol. The van der Waals surface area contributed by atoms with Gasteiger partial charge in [0.15, 0.2) is 0 Å². The Hall–Kier alpha value is -1.72. The largest absolute Gasteiger partial charge is 0.388 e. The van der Waals surface area contributed by atoms with Crippen LogP contribution in [-0.4, -0.2) is 11.0 Å². The first-order valence-electron chi connectivity index (χ1n) is 5.88. The average Bonchev–Trinajstić information content (AvgIpc) is 2.89. The van der Waals surface area contributed by atoms with Crippen LogP contribution in [0.25, 0.3) is 0 Å². The van der Waals surface area contributed by atoms with E-state index >= 15 is 0 Å². The van der Waals surface area contributed by atoms with E-state index in [1.165, 1.54) is 18.2 Å². The van der Waals surface area contributed by atoms with Gasteiger partial charge < -0.3 is 10.4 Å². The Balaban J connectivity index is 1.84. The molecule has 2 aromatic rings. The Kier molecular flexibility index (Phi) is 4.65. The molecule has 100 valence electrons. The summed E-state index contributed by atoms with van der Waals surface area (Å²) in [5.74, 6) is -0.680. The summed E-state index contributed by atoms with van der Waals surface area (Å²) >= 11 is 1.56. The van der Waals surface area contributed by atoms with Gasteiger partial charge in [0.05, 0.1) is 19.1 Å². The highest BCUT2D eigenvalue weighted by molar-refractivity contribution is 7.09. The first kappa shape index (κ1) is 13.7. The second-order valence-electron chi connectivity index (χ2n) is 4.13. The van der Waals surface area contributed by atoms with E-state index in [9.17, 15) is 14.3 Å². The van der Waals surface area contributed by atoms with Crippen LogP contribution in [0.5, 0.6) is 0 Å². The van der Waals surface area contributed by atoms with Crippen molar-refractivity contribution in [3.8, 4) is 0 Å². The Labute approximate surface area is 114 Å². The fourth-order valence-corrected chi connectivity index (χ4v) is 2.32. The van der Waals surface area contributed by atoms with Crippen molar-refractivity contribution >= 4 is 17.2 Å². The number of carbonyl (C=O) groups excluding carboxylic acids is 1. The maximum Gasteiger partial charge on any atom is 0.223 e. The van der Waals surface area contributed by atoms with Crippen LogP contribution in [0.1, 0.15) is 23.0 Å². The van der Waals surface area contributed by atoms with Crippen molar-refractivity contribution < 1.29 is 14.3 Å². The molecule has 3 nitrogen and oxygen atoms in total. The smallest absolute Gasteiger partial charge is 0.223 e. The molecule has 0 saturated heterocycles. The summed E-state index contributed by atoms with van der Waals surface area (Å²) in [7, 11) is 0. The van der Waals surface area contributed by atoms with Crippen LogP contribution < -0.4 is 5.32 Å². The van der Waals surface area contributed by atoms with Gasteiger partial charge in [-0.3, -0.25) is 4.79 Å². The van der Waals surface area contributed by atoms with E-state index in [2.05, 4.69) is 5.32 Å². The van der Waals surface area contributed by atoms with E-state index in [0.29, 0.717) is 12.1 Å². The summed E-state index contributed by atoms with van der Waals surface area (Å²) in [4.78, 5) is 12.7. The number of halogens is 1. The molecule has 1 aromatic heterocycles. The van der Waals surface area contributed by atoms with Crippen molar-refractivity contribution in [2.24, 2.45) is 0 Å². The summed E-state index contributed by atoms with van der Waals surface area (Å²) in [6.07, 6.45) is -1.06. The Morgan fingerprint density at radius 3 is 2.89 bits per heavy atom. The third-order valence-electron chi connectivity index (χ3n) is 2.65. The summed E-state index contributed by atoms with van der Waals surface area (Å²) in [6.45, 7) is 0.451. The van der Waals surface area contributed by atoms with Crippen molar-refractivity contribution in [2.45, 2.75) is 19.1 Å². The van der Waals surface area contributed by atoms with Crippen LogP contribution in [0.4, 0.5) is 4.39 Å². The number of hydrogen-bond acceptors (Lipinski definition) is 3. The third kappa shape index (κ3) is 4.15. The van der Waals surface area contributed by atoms with Gasteiger partial charge in [-0.2, -0.15) is 0 Å². The topological polar surface area (TPSA) is 49.3 Å². The maximum absolute atomic E-state index is 13.0. The molecule has 0 aliphatic rings. The summed E-state index contributed by atoms with van der Waals surface area (Å²) < 4.78 is 13.0. The molecule has 5 heteroatoms. The Bertz CT molecular complexity index is 542. The third-order valence-corrected chi connectivity index (χ3v) is 3.53. The van der Waals surface area contributed by atoms with Crippen molar-refractivity contribution in [1.29, 1.82) is 0 Å². The van der Waals surface area contributed by atoms with Gasteiger partial charge in [0.2, 0.25) is 5.91 Å². The van der Waals surface area contributed by atoms with Gasteiger partial charge >= 0.3 is 0 Å². The van der Waals surface area contributed by atoms with Crippen LogP contribution in [0.2, 0.25) is 0 Å². The van der Waals surface area contributed by atoms with Crippen LogP contribution in [-0.2, 0) is 11.3 Å². The lowest BCUT2D eigenvalue weighted by Crippen LogP contribution is -2.24. The number of carbonyl (C=O) groups is 1. The van der Waals surface area contributed by atoms with Crippen molar-refractivity contribution in [1.82, 2.24) is 5.32 Å². The van der Waals surface area contributed by atoms with Gasteiger partial charge in [0, 0.05) is 4.88 Å². The fraction of sp³-hybridized carbons (Fsp3) is 0.214. The molecule has 1 heterocycles. The summed E-state index contributed by atoms with van der Waals surface area (Å²) in [6, 6.07) is 9.48. The highest BCUT2D eigenvalue weighted by Gasteiger charge is 2.13. The fourth-order valence-electron chi connectivity index (χ4n) is 1.68. The predicted octanol–water partition coefficient (Wildman–Crippen LogP) is 2.63. The molecule has 1 amide bonds. The number of thiophene rings is 1. The second-order valence-corrected chi connectivity index (χ2v) is 5.16. The molecule has 2 N–H and O–H groups in total. The molecule has 0 saturated carbocycles. The molecule has 2 rings (SSSR count). The second kappa shape index (κ2) is 6.45. The van der Waals surface area contributed by atoms with E-state index in [1.807, 2.05) is 17.5 Å². The highest BCUT2D eigenvalue weighted by Crippen LogP contribution is 2.17. The van der Waals surface area contributed by atoms with E-state index in [-0.39, 0.29) is 12.3 Å². The van der Waals surface area contributed by atoms with Crippen molar-refractivity contribution in [3.63, 3.8) is 0 Å². The molecule has 0 spiro atoms. The number of aliphatic hydroxyl groups is 1. The van der Waals surface area contributed by atoms with Gasteiger partial charge in [-0.15, -0.1) is 11.3 Å². The van der Waals surface area contributed by atoms with Gasteiger partial charge in [-0.25, -0.2) is 4.39 Å². The number of benzene rings is 1. The predicted molar refractivity (Wildman–Crippen MR) is 72.1 cm³/mol. The molecule has 1 aromatic carbocycles. The van der Waals surface area contributed by atoms with Crippen LogP contribution in [0.3, 0.4) is 0 Å². The molecular weight excluding hydrogens is 265 g/mol. The van der Waals surface area contributed by atoms with E-state index < -0.39 is 11.9 Å². The minimum absolute atomic E-state index is 0.0746. The molecule has 1 atom stereocenters. The quantitative estimate of drug-likeness (QED) is 0.884. The highest BCUT2D eigenvalue weighted by atomic mass is 32.1. The number of hydrogen-bond donors (Lipinski definition) is 2. The summed E-state index contributed by atoms with van der Waals surface area (Å²) in [5.41, 5.74) is 0.409. The standard InChI is InChI=1S/C14H14FNO2S/c15-11-4-1-3-10(7-11)13(17)8-14(18)16-9-12-5-2-6-19-12/h1-7,13,17H,8-9H2,(H,16,18). The molecular formula is C14H14FNO2S. The zero-order valence-electron chi connectivity index (χ0n) is 10.2. The first-order valence-corrected chi connectivity index (χ1v) is 6.76. The van der Waals surface area contributed by atoms with E-state index in [0.717, 1.165) is 4.88 Å². The lowest BCUT2D eigenvalue weighted by atomic mass is 10.1. The zero-order valence-corrected chi connectivity index (χ0v) is 11.0. The minimum atomic E-state index is -0.987. The van der Waals surface area contributed by atoms with Gasteiger partial charge in [0.25, 0.3) is 0 Å². The zero-order chi connectivity index (χ0) is 13.7. The number of aliphatic hydroxyl groups excluding tert-OH is 1. The number of nitrogens with one attached hydrogen (secondary N) is 1. The number of rotatable bonds is 5. The molecule has 0 aliphatic heterocycles. The van der Waals surface area contributed by atoms with Crippen molar-refractivity contribution in [2.75, 3.05) is 0 Å². The van der Waals surface area contributed by atoms with E-state index in [1.54, 1.807) is 17.4 Å². The van der Waals surface area contributed by atoms with Gasteiger partial charge in [-0.1, -0.05) is 18.2 Å². The molecule has 0 fully saturated rings. The lowest BCUT2D eigenvalue weighted by Gasteiger charge is -2.11. The molecule has 1 unspecified atom stereocenters. The number of amides is 1. The lowest BCUT2D eigenvalue weighted by molar-refractivity contribution is -0.123. The van der Waals surface area contributed by atoms with Gasteiger partial charge in [-0.05, 0) is 29.1 Å². The van der Waals surface area contributed by atoms with Crippen LogP contribution in [0.15, 0.2) is 41.8 Å². The molecule has 0 radical (unpaired) electrons. The van der Waals surface area contributed by atoms with Crippen molar-refractivity contribution in [3.05, 3.63) is 58.0 Å². The Morgan fingerprint density at radius 1 is 1.37 bits per heavy atom. The maximum atomic E-state index is 13.0. The Morgan fingerprint density at radius 2 is 2.21 bits per heavy atom. The molecule has 0 aliphatic carbocycles. The normalized spacial score (nSPS) is 12.1. The summed E-state index contributed by atoms with van der Waals surface area (Å²) in [5, 5.41) is 14.5. The van der Waals surface area contributed by atoms with E-state index in [4.69, 9.17) is 0 Å². The minimum Gasteiger partial charge on any atom is -0.388 e. The van der Waals surface area contributed by atoms with Crippen LogP contribution in [0, 0.1) is 5.82 Å².